The van der Waals surface area contributed by atoms with Crippen molar-refractivity contribution in [1.29, 1.82) is 0 Å². The van der Waals surface area contributed by atoms with E-state index in [0.29, 0.717) is 41.6 Å². The fourth-order valence-electron chi connectivity index (χ4n) is 6.26. The average Bonchev–Trinajstić information content (AvgIpc) is 3.50. The molecule has 0 spiro atoms. The number of alkyl halides is 1. The summed E-state index contributed by atoms with van der Waals surface area (Å²) in [7, 11) is 1.90. The Kier molecular flexibility index (Phi) is 7.21. The van der Waals surface area contributed by atoms with Crippen LogP contribution in [0, 0.1) is 5.82 Å². The van der Waals surface area contributed by atoms with Gasteiger partial charge in [-0.25, -0.2) is 13.6 Å². The van der Waals surface area contributed by atoms with Crippen LogP contribution in [0.1, 0.15) is 53.4 Å². The Labute approximate surface area is 230 Å². The number of likely N-dealkylation sites (tertiary alicyclic amines) is 1. The summed E-state index contributed by atoms with van der Waals surface area (Å²) in [5.41, 5.74) is -0.805. The van der Waals surface area contributed by atoms with Crippen molar-refractivity contribution >= 4 is 38.7 Å². The van der Waals surface area contributed by atoms with Crippen molar-refractivity contribution in [3.8, 4) is 6.01 Å². The summed E-state index contributed by atoms with van der Waals surface area (Å²) in [5.74, 6) is 0.0273. The van der Waals surface area contributed by atoms with Crippen LogP contribution in [0.2, 0.25) is 0 Å². The fraction of sp³-hybridized carbons (Fsp3) is 0.667. The third kappa shape index (κ3) is 5.03. The molecule has 2 aromatic rings. The summed E-state index contributed by atoms with van der Waals surface area (Å²) < 4.78 is 41.5. The molecule has 1 aromatic heterocycles. The zero-order valence-corrected chi connectivity index (χ0v) is 24.2. The number of carbonyl (C=O) groups excluding carboxylic acids is 1. The van der Waals surface area contributed by atoms with Crippen molar-refractivity contribution in [3.63, 3.8) is 0 Å². The molecule has 2 unspecified atom stereocenters. The average molecular weight is 597 g/mol. The SMILES string of the molecule is CC1C(N(C)c2nc(OC[C@@]34CCCN3C[C@H](F)C4)nc3c(F)c(Br)ccc23)CCN1C(=O)OC(C)(C)C. The monoisotopic (exact) mass is 595 g/mol. The molecule has 38 heavy (non-hydrogen) atoms. The van der Waals surface area contributed by atoms with Crippen LogP contribution in [0.3, 0.4) is 0 Å². The first-order valence-electron chi connectivity index (χ1n) is 13.3. The van der Waals surface area contributed by atoms with Gasteiger partial charge in [0.05, 0.1) is 22.1 Å². The molecule has 1 aromatic carbocycles. The number of ether oxygens (including phenoxy) is 2. The standard InChI is InChI=1S/C27H36BrF2N5O3/c1-16-20(9-12-35(16)25(36)38-26(2,3)4)33(5)23-18-7-8-19(28)21(30)22(18)31-24(32-23)37-15-27-10-6-11-34(27)14-17(29)13-27/h7-8,16-17,20H,6,9-15H2,1-5H3/t16?,17-,20?,27+/m1/s1. The van der Waals surface area contributed by atoms with Gasteiger partial charge < -0.3 is 19.3 Å². The predicted octanol–water partition coefficient (Wildman–Crippen LogP) is 5.32. The number of nitrogens with zero attached hydrogens (tertiary/aromatic N) is 5. The number of anilines is 1. The van der Waals surface area contributed by atoms with Gasteiger partial charge in [0.25, 0.3) is 0 Å². The van der Waals surface area contributed by atoms with Crippen molar-refractivity contribution in [1.82, 2.24) is 19.8 Å². The Bertz CT molecular complexity index is 1230. The summed E-state index contributed by atoms with van der Waals surface area (Å²) in [5, 5.41) is 0.550. The molecule has 0 radical (unpaired) electrons. The number of carbonyl (C=O) groups is 1. The van der Waals surface area contributed by atoms with Crippen LogP contribution in [0.15, 0.2) is 16.6 Å². The smallest absolute Gasteiger partial charge is 0.410 e. The van der Waals surface area contributed by atoms with Gasteiger partial charge in [-0.2, -0.15) is 9.97 Å². The van der Waals surface area contributed by atoms with E-state index in [4.69, 9.17) is 14.5 Å². The van der Waals surface area contributed by atoms with E-state index in [1.54, 1.807) is 17.0 Å². The number of amides is 1. The molecule has 0 N–H and O–H groups in total. The Morgan fingerprint density at radius 1 is 1.29 bits per heavy atom. The molecule has 0 bridgehead atoms. The van der Waals surface area contributed by atoms with Gasteiger partial charge in [0.2, 0.25) is 0 Å². The Morgan fingerprint density at radius 2 is 2.05 bits per heavy atom. The number of likely N-dealkylation sites (N-methyl/N-ethyl adjacent to an activating group) is 1. The first kappa shape index (κ1) is 27.3. The maximum absolute atomic E-state index is 15.3. The molecule has 4 heterocycles. The summed E-state index contributed by atoms with van der Waals surface area (Å²) in [6.45, 7) is 9.60. The Morgan fingerprint density at radius 3 is 2.79 bits per heavy atom. The van der Waals surface area contributed by atoms with Crippen molar-refractivity contribution in [2.45, 2.75) is 82.8 Å². The lowest BCUT2D eigenvalue weighted by atomic mass is 9.95. The Hall–Kier alpha value is -2.27. The van der Waals surface area contributed by atoms with E-state index in [0.717, 1.165) is 19.4 Å². The topological polar surface area (TPSA) is 71.0 Å². The van der Waals surface area contributed by atoms with E-state index in [2.05, 4.69) is 25.8 Å². The summed E-state index contributed by atoms with van der Waals surface area (Å²) >= 11 is 3.27. The molecule has 5 rings (SSSR count). The molecular formula is C27H36BrF2N5O3. The first-order chi connectivity index (χ1) is 17.9. The number of benzene rings is 1. The highest BCUT2D eigenvalue weighted by Gasteiger charge is 2.49. The molecule has 3 aliphatic heterocycles. The highest BCUT2D eigenvalue weighted by molar-refractivity contribution is 9.10. The van der Waals surface area contributed by atoms with Crippen molar-refractivity contribution in [2.24, 2.45) is 0 Å². The van der Waals surface area contributed by atoms with E-state index in [-0.39, 0.29) is 41.8 Å². The molecule has 0 aliphatic carbocycles. The highest BCUT2D eigenvalue weighted by Crippen LogP contribution is 2.41. The summed E-state index contributed by atoms with van der Waals surface area (Å²) in [4.78, 5) is 27.8. The molecule has 3 fully saturated rings. The van der Waals surface area contributed by atoms with E-state index < -0.39 is 17.6 Å². The Balaban J connectivity index is 1.44. The third-order valence-electron chi connectivity index (χ3n) is 8.12. The fourth-order valence-corrected chi connectivity index (χ4v) is 6.58. The predicted molar refractivity (Wildman–Crippen MR) is 145 cm³/mol. The lowest BCUT2D eigenvalue weighted by Crippen LogP contribution is -2.45. The molecule has 208 valence electrons. The van der Waals surface area contributed by atoms with Gasteiger partial charge in [-0.15, -0.1) is 0 Å². The van der Waals surface area contributed by atoms with Crippen LogP contribution in [-0.2, 0) is 4.74 Å². The minimum Gasteiger partial charge on any atom is -0.461 e. The van der Waals surface area contributed by atoms with Gasteiger partial charge in [-0.05, 0) is 81.6 Å². The molecule has 4 atom stereocenters. The minimum absolute atomic E-state index is 0.0644. The van der Waals surface area contributed by atoms with Crippen LogP contribution < -0.4 is 9.64 Å². The lowest BCUT2D eigenvalue weighted by Gasteiger charge is -2.33. The number of hydrogen-bond donors (Lipinski definition) is 0. The second kappa shape index (κ2) is 10.0. The molecule has 1 amide bonds. The van der Waals surface area contributed by atoms with Crippen LogP contribution in [0.4, 0.5) is 19.4 Å². The number of halogens is 3. The van der Waals surface area contributed by atoms with E-state index in [1.807, 2.05) is 39.6 Å². The van der Waals surface area contributed by atoms with Crippen LogP contribution in [-0.4, -0.2) is 88.5 Å². The molecule has 0 saturated carbocycles. The van der Waals surface area contributed by atoms with Crippen LogP contribution in [0.25, 0.3) is 10.9 Å². The van der Waals surface area contributed by atoms with Crippen LogP contribution >= 0.6 is 15.9 Å². The maximum atomic E-state index is 15.3. The zero-order chi connectivity index (χ0) is 27.4. The number of hydrogen-bond acceptors (Lipinski definition) is 7. The maximum Gasteiger partial charge on any atom is 0.410 e. The molecular weight excluding hydrogens is 560 g/mol. The van der Waals surface area contributed by atoms with Crippen molar-refractivity contribution < 1.29 is 23.0 Å². The van der Waals surface area contributed by atoms with E-state index >= 15 is 4.39 Å². The zero-order valence-electron chi connectivity index (χ0n) is 22.6. The molecule has 11 heteroatoms. The van der Waals surface area contributed by atoms with Gasteiger partial charge >= 0.3 is 12.1 Å². The molecule has 8 nitrogen and oxygen atoms in total. The van der Waals surface area contributed by atoms with Gasteiger partial charge in [-0.3, -0.25) is 4.90 Å². The normalized spacial score (nSPS) is 27.7. The summed E-state index contributed by atoms with van der Waals surface area (Å²) in [6, 6.07) is 3.25. The molecule has 3 aliphatic rings. The van der Waals surface area contributed by atoms with Gasteiger partial charge in [-0.1, -0.05) is 0 Å². The lowest BCUT2D eigenvalue weighted by molar-refractivity contribution is 0.0233. The van der Waals surface area contributed by atoms with Gasteiger partial charge in [0.15, 0.2) is 5.82 Å². The first-order valence-corrected chi connectivity index (χ1v) is 14.1. The van der Waals surface area contributed by atoms with Gasteiger partial charge in [0.1, 0.15) is 29.7 Å². The highest BCUT2D eigenvalue weighted by atomic mass is 79.9. The van der Waals surface area contributed by atoms with E-state index in [1.165, 1.54) is 0 Å². The van der Waals surface area contributed by atoms with Crippen molar-refractivity contribution in [3.05, 3.63) is 22.4 Å². The van der Waals surface area contributed by atoms with E-state index in [9.17, 15) is 9.18 Å². The summed E-state index contributed by atoms with van der Waals surface area (Å²) in [6.07, 6.45) is 1.76. The quantitative estimate of drug-likeness (QED) is 0.463. The van der Waals surface area contributed by atoms with Gasteiger partial charge in [0, 0.05) is 31.9 Å². The number of fused-ring (bicyclic) bond motifs is 2. The van der Waals surface area contributed by atoms with Crippen LogP contribution in [0.5, 0.6) is 6.01 Å². The minimum atomic E-state index is -0.872. The third-order valence-corrected chi connectivity index (χ3v) is 8.74. The molecule has 3 saturated heterocycles. The van der Waals surface area contributed by atoms with Crippen molar-refractivity contribution in [2.75, 3.05) is 38.2 Å². The number of aromatic nitrogens is 2. The second-order valence-electron chi connectivity index (χ2n) is 11.8. The number of rotatable bonds is 5. The largest absolute Gasteiger partial charge is 0.461 e. The second-order valence-corrected chi connectivity index (χ2v) is 12.7.